The van der Waals surface area contributed by atoms with E-state index < -0.39 is 11.4 Å². The number of hydrogen-bond acceptors (Lipinski definition) is 3. The number of rotatable bonds is 7. The van der Waals surface area contributed by atoms with E-state index in [1.54, 1.807) is 6.92 Å². The van der Waals surface area contributed by atoms with E-state index in [9.17, 15) is 4.79 Å². The maximum atomic E-state index is 11.0. The highest BCUT2D eigenvalue weighted by atomic mass is 16.1. The minimum Gasteiger partial charge on any atom is -0.368 e. The summed E-state index contributed by atoms with van der Waals surface area (Å²) in [6.45, 7) is 4.96. The number of hydrogen-bond donors (Lipinski definition) is 2. The number of nitrogens with two attached hydrogens (primary N) is 2. The summed E-state index contributed by atoms with van der Waals surface area (Å²) in [7, 11) is 2.14. The average molecular weight is 227 g/mol. The quantitative estimate of drug-likeness (QED) is 0.672. The summed E-state index contributed by atoms with van der Waals surface area (Å²) in [5, 5.41) is 0. The third kappa shape index (κ3) is 3.76. The van der Waals surface area contributed by atoms with Crippen molar-refractivity contribution in [3.8, 4) is 0 Å². The molecule has 1 aliphatic carbocycles. The molecule has 0 aromatic heterocycles. The molecule has 1 saturated carbocycles. The largest absolute Gasteiger partial charge is 0.368 e. The Hall–Kier alpha value is -0.610. The van der Waals surface area contributed by atoms with Gasteiger partial charge in [0.05, 0.1) is 5.54 Å². The Labute approximate surface area is 98.3 Å². The fourth-order valence-electron chi connectivity index (χ4n) is 1.96. The molecule has 0 saturated heterocycles. The van der Waals surface area contributed by atoms with Gasteiger partial charge in [0.15, 0.2) is 0 Å². The zero-order valence-corrected chi connectivity index (χ0v) is 10.7. The molecule has 1 rings (SSSR count). The van der Waals surface area contributed by atoms with E-state index in [1.807, 2.05) is 0 Å². The van der Waals surface area contributed by atoms with Gasteiger partial charge in [-0.1, -0.05) is 0 Å². The Morgan fingerprint density at radius 1 is 1.56 bits per heavy atom. The minimum absolute atomic E-state index is 0.412. The van der Waals surface area contributed by atoms with Crippen LogP contribution in [-0.2, 0) is 4.79 Å². The maximum Gasteiger partial charge on any atom is 0.237 e. The molecule has 4 N–H and O–H groups in total. The van der Waals surface area contributed by atoms with E-state index in [0.717, 1.165) is 18.9 Å². The second-order valence-corrected chi connectivity index (χ2v) is 5.44. The van der Waals surface area contributed by atoms with Gasteiger partial charge in [0.1, 0.15) is 0 Å². The van der Waals surface area contributed by atoms with E-state index in [-0.39, 0.29) is 0 Å². The van der Waals surface area contributed by atoms with Crippen LogP contribution in [0.1, 0.15) is 39.5 Å². The molecule has 0 aromatic carbocycles. The molecule has 0 aliphatic heterocycles. The molecular formula is C12H25N3O. The second-order valence-electron chi connectivity index (χ2n) is 5.44. The highest BCUT2D eigenvalue weighted by Crippen LogP contribution is 2.34. The van der Waals surface area contributed by atoms with Crippen molar-refractivity contribution in [1.82, 2.24) is 4.90 Å². The highest BCUT2D eigenvalue weighted by Gasteiger charge is 2.30. The van der Waals surface area contributed by atoms with Crippen LogP contribution in [0.15, 0.2) is 0 Å². The first kappa shape index (κ1) is 13.5. The Morgan fingerprint density at radius 2 is 2.12 bits per heavy atom. The molecule has 0 heterocycles. The fraction of sp³-hybridized carbons (Fsp3) is 0.917. The first-order valence-electron chi connectivity index (χ1n) is 6.13. The Morgan fingerprint density at radius 3 is 2.56 bits per heavy atom. The van der Waals surface area contributed by atoms with Crippen molar-refractivity contribution >= 4 is 5.91 Å². The van der Waals surface area contributed by atoms with Crippen LogP contribution in [0.3, 0.4) is 0 Å². The zero-order valence-electron chi connectivity index (χ0n) is 10.7. The van der Waals surface area contributed by atoms with E-state index >= 15 is 0 Å². The number of amides is 1. The van der Waals surface area contributed by atoms with Gasteiger partial charge >= 0.3 is 0 Å². The lowest BCUT2D eigenvalue weighted by molar-refractivity contribution is -0.122. The van der Waals surface area contributed by atoms with Crippen molar-refractivity contribution in [2.24, 2.45) is 17.4 Å². The summed E-state index contributed by atoms with van der Waals surface area (Å²) in [4.78, 5) is 13.4. The fourth-order valence-corrected chi connectivity index (χ4v) is 1.96. The number of carbonyl (C=O) groups is 1. The van der Waals surface area contributed by atoms with Crippen LogP contribution >= 0.6 is 0 Å². The van der Waals surface area contributed by atoms with Gasteiger partial charge in [0, 0.05) is 6.04 Å². The van der Waals surface area contributed by atoms with Crippen LogP contribution in [0.4, 0.5) is 0 Å². The molecule has 1 fully saturated rings. The molecule has 0 radical (unpaired) electrons. The monoisotopic (exact) mass is 227 g/mol. The number of carbonyl (C=O) groups excluding carboxylic acids is 1. The van der Waals surface area contributed by atoms with Crippen molar-refractivity contribution in [2.45, 2.75) is 51.1 Å². The van der Waals surface area contributed by atoms with Gasteiger partial charge in [-0.15, -0.1) is 0 Å². The van der Waals surface area contributed by atoms with Crippen molar-refractivity contribution in [1.29, 1.82) is 0 Å². The molecule has 94 valence electrons. The molecule has 16 heavy (non-hydrogen) atoms. The van der Waals surface area contributed by atoms with Gasteiger partial charge in [-0.3, -0.25) is 4.79 Å². The molecule has 1 aliphatic rings. The summed E-state index contributed by atoms with van der Waals surface area (Å²) >= 11 is 0. The minimum atomic E-state index is -0.857. The van der Waals surface area contributed by atoms with Crippen LogP contribution in [0.25, 0.3) is 0 Å². The van der Waals surface area contributed by atoms with E-state index in [1.165, 1.54) is 12.8 Å². The van der Waals surface area contributed by atoms with E-state index in [2.05, 4.69) is 18.9 Å². The van der Waals surface area contributed by atoms with Crippen molar-refractivity contribution in [3.63, 3.8) is 0 Å². The van der Waals surface area contributed by atoms with Crippen molar-refractivity contribution in [2.75, 3.05) is 13.6 Å². The van der Waals surface area contributed by atoms with Gasteiger partial charge in [-0.05, 0) is 59.0 Å². The molecule has 4 heteroatoms. The van der Waals surface area contributed by atoms with Crippen LogP contribution in [0, 0.1) is 5.92 Å². The van der Waals surface area contributed by atoms with Crippen LogP contribution < -0.4 is 11.5 Å². The van der Waals surface area contributed by atoms with Gasteiger partial charge in [0.2, 0.25) is 5.91 Å². The third-order valence-electron chi connectivity index (χ3n) is 3.77. The van der Waals surface area contributed by atoms with Gasteiger partial charge in [-0.2, -0.15) is 0 Å². The topological polar surface area (TPSA) is 72.3 Å². The third-order valence-corrected chi connectivity index (χ3v) is 3.77. The summed E-state index contributed by atoms with van der Waals surface area (Å²) in [6, 6.07) is 0.651. The number of primary amides is 1. The molecule has 0 spiro atoms. The summed E-state index contributed by atoms with van der Waals surface area (Å²) < 4.78 is 0. The molecule has 1 amide bonds. The molecule has 2 atom stereocenters. The predicted octanol–water partition coefficient (Wildman–Crippen LogP) is 0.700. The maximum absolute atomic E-state index is 11.0. The summed E-state index contributed by atoms with van der Waals surface area (Å²) in [5.74, 6) is 0.468. The van der Waals surface area contributed by atoms with Gasteiger partial charge in [0.25, 0.3) is 0 Å². The Kier molecular flexibility index (Phi) is 4.33. The predicted molar refractivity (Wildman–Crippen MR) is 65.8 cm³/mol. The average Bonchev–Trinajstić information content (AvgIpc) is 2.99. The molecule has 0 aromatic rings. The Bertz CT molecular complexity index is 249. The van der Waals surface area contributed by atoms with Gasteiger partial charge < -0.3 is 16.4 Å². The molecule has 2 unspecified atom stereocenters. The lowest BCUT2D eigenvalue weighted by Crippen LogP contribution is -2.49. The lowest BCUT2D eigenvalue weighted by atomic mass is 9.96. The summed E-state index contributed by atoms with van der Waals surface area (Å²) in [5.41, 5.74) is 10.2. The SMILES string of the molecule is CC(C1CC1)N(C)CCCC(C)(N)C(N)=O. The van der Waals surface area contributed by atoms with Crippen molar-refractivity contribution in [3.05, 3.63) is 0 Å². The van der Waals surface area contributed by atoms with E-state index in [4.69, 9.17) is 11.5 Å². The van der Waals surface area contributed by atoms with Gasteiger partial charge in [-0.25, -0.2) is 0 Å². The molecule has 4 nitrogen and oxygen atoms in total. The molecular weight excluding hydrogens is 202 g/mol. The Balaban J connectivity index is 2.21. The second kappa shape index (κ2) is 5.15. The lowest BCUT2D eigenvalue weighted by Gasteiger charge is -2.26. The molecule has 0 bridgehead atoms. The van der Waals surface area contributed by atoms with Crippen LogP contribution in [-0.4, -0.2) is 36.0 Å². The smallest absolute Gasteiger partial charge is 0.237 e. The van der Waals surface area contributed by atoms with E-state index in [0.29, 0.717) is 12.5 Å². The highest BCUT2D eigenvalue weighted by molar-refractivity contribution is 5.83. The first-order valence-corrected chi connectivity index (χ1v) is 6.13. The number of nitrogens with zero attached hydrogens (tertiary/aromatic N) is 1. The normalized spacial score (nSPS) is 21.8. The standard InChI is InChI=1S/C12H25N3O/c1-9(10-5-6-10)15(3)8-4-7-12(2,14)11(13)16/h9-10H,4-8,14H2,1-3H3,(H2,13,16). The zero-order chi connectivity index (χ0) is 12.3. The van der Waals surface area contributed by atoms with Crippen molar-refractivity contribution < 1.29 is 4.79 Å². The first-order chi connectivity index (χ1) is 7.34. The van der Waals surface area contributed by atoms with Crippen LogP contribution in [0.5, 0.6) is 0 Å². The summed E-state index contributed by atoms with van der Waals surface area (Å²) in [6.07, 6.45) is 4.30. The van der Waals surface area contributed by atoms with Crippen LogP contribution in [0.2, 0.25) is 0 Å².